The fraction of sp³-hybridized carbons (Fsp3) is 0.500. The minimum atomic E-state index is -0.122. The normalized spacial score (nSPS) is 15.5. The van der Waals surface area contributed by atoms with Crippen LogP contribution in [0.25, 0.3) is 10.1 Å². The van der Waals surface area contributed by atoms with Crippen molar-refractivity contribution >= 4 is 33.3 Å². The fourth-order valence-electron chi connectivity index (χ4n) is 3.49. The molecule has 0 bridgehead atoms. The standard InChI is InChI=1S/C20H25NO3S/c1-3-7-16-15-8-5-6-9-17(15)25-18(16)19(22)21-12-10-14(11-13-21)20(23)24-4-2/h5-6,8-9,14H,3-4,7,10-13H2,1-2H3. The van der Waals surface area contributed by atoms with Gasteiger partial charge in [-0.05, 0) is 43.2 Å². The van der Waals surface area contributed by atoms with Gasteiger partial charge in [-0.2, -0.15) is 0 Å². The second-order valence-corrected chi connectivity index (χ2v) is 7.53. The van der Waals surface area contributed by atoms with E-state index in [2.05, 4.69) is 19.1 Å². The molecule has 0 saturated carbocycles. The highest BCUT2D eigenvalue weighted by Gasteiger charge is 2.30. The summed E-state index contributed by atoms with van der Waals surface area (Å²) in [6.45, 7) is 5.64. The number of aryl methyl sites for hydroxylation is 1. The number of nitrogens with zero attached hydrogens (tertiary/aromatic N) is 1. The molecule has 2 aromatic rings. The minimum Gasteiger partial charge on any atom is -0.466 e. The number of likely N-dealkylation sites (tertiary alicyclic amines) is 1. The molecular weight excluding hydrogens is 334 g/mol. The van der Waals surface area contributed by atoms with Crippen molar-refractivity contribution in [1.82, 2.24) is 4.90 Å². The van der Waals surface area contributed by atoms with Crippen LogP contribution >= 0.6 is 11.3 Å². The predicted molar refractivity (Wildman–Crippen MR) is 101 cm³/mol. The molecule has 3 rings (SSSR count). The highest BCUT2D eigenvalue weighted by atomic mass is 32.1. The van der Waals surface area contributed by atoms with Gasteiger partial charge in [0.25, 0.3) is 5.91 Å². The molecule has 1 aliphatic heterocycles. The summed E-state index contributed by atoms with van der Waals surface area (Å²) in [6, 6.07) is 8.25. The number of rotatable bonds is 5. The first-order chi connectivity index (χ1) is 12.2. The maximum Gasteiger partial charge on any atom is 0.309 e. The Morgan fingerprint density at radius 3 is 2.60 bits per heavy atom. The average Bonchev–Trinajstić information content (AvgIpc) is 3.00. The summed E-state index contributed by atoms with van der Waals surface area (Å²) < 4.78 is 6.29. The number of hydrogen-bond donors (Lipinski definition) is 0. The van der Waals surface area contributed by atoms with Crippen LogP contribution in [-0.2, 0) is 16.0 Å². The van der Waals surface area contributed by atoms with Gasteiger partial charge in [-0.1, -0.05) is 31.5 Å². The van der Waals surface area contributed by atoms with Gasteiger partial charge in [0.2, 0.25) is 0 Å². The Balaban J connectivity index is 1.77. The van der Waals surface area contributed by atoms with Crippen molar-refractivity contribution in [1.29, 1.82) is 0 Å². The van der Waals surface area contributed by atoms with Crippen molar-refractivity contribution in [3.63, 3.8) is 0 Å². The second-order valence-electron chi connectivity index (χ2n) is 6.47. The number of fused-ring (bicyclic) bond motifs is 1. The van der Waals surface area contributed by atoms with Crippen LogP contribution in [0.1, 0.15) is 48.3 Å². The van der Waals surface area contributed by atoms with Crippen molar-refractivity contribution in [2.45, 2.75) is 39.5 Å². The van der Waals surface area contributed by atoms with E-state index < -0.39 is 0 Å². The van der Waals surface area contributed by atoms with Gasteiger partial charge in [0, 0.05) is 17.8 Å². The third-order valence-electron chi connectivity index (χ3n) is 4.79. The smallest absolute Gasteiger partial charge is 0.309 e. The van der Waals surface area contributed by atoms with Crippen LogP contribution in [0, 0.1) is 5.92 Å². The molecule has 1 fully saturated rings. The van der Waals surface area contributed by atoms with Crippen LogP contribution in [0.2, 0.25) is 0 Å². The number of thiophene rings is 1. The Morgan fingerprint density at radius 1 is 1.20 bits per heavy atom. The molecule has 1 aromatic heterocycles. The van der Waals surface area contributed by atoms with Crippen LogP contribution in [-0.4, -0.2) is 36.5 Å². The Morgan fingerprint density at radius 2 is 1.92 bits per heavy atom. The lowest BCUT2D eigenvalue weighted by Gasteiger charge is -2.30. The number of carbonyl (C=O) groups is 2. The van der Waals surface area contributed by atoms with Gasteiger partial charge >= 0.3 is 5.97 Å². The monoisotopic (exact) mass is 359 g/mol. The maximum atomic E-state index is 13.1. The first kappa shape index (κ1) is 17.9. The number of hydrogen-bond acceptors (Lipinski definition) is 4. The zero-order valence-corrected chi connectivity index (χ0v) is 15.7. The van der Waals surface area contributed by atoms with Gasteiger partial charge in [-0.3, -0.25) is 9.59 Å². The van der Waals surface area contributed by atoms with Crippen molar-refractivity contribution < 1.29 is 14.3 Å². The van der Waals surface area contributed by atoms with Crippen LogP contribution < -0.4 is 0 Å². The summed E-state index contributed by atoms with van der Waals surface area (Å²) in [4.78, 5) is 27.7. The SMILES string of the molecule is CCCc1c(C(=O)N2CCC(C(=O)OCC)CC2)sc2ccccc12. The van der Waals surface area contributed by atoms with E-state index in [0.29, 0.717) is 32.5 Å². The maximum absolute atomic E-state index is 13.1. The molecule has 4 nitrogen and oxygen atoms in total. The lowest BCUT2D eigenvalue weighted by atomic mass is 9.96. The van der Waals surface area contributed by atoms with E-state index in [0.717, 1.165) is 17.7 Å². The zero-order chi connectivity index (χ0) is 17.8. The number of esters is 1. The highest BCUT2D eigenvalue weighted by molar-refractivity contribution is 7.21. The molecular formula is C20H25NO3S. The van der Waals surface area contributed by atoms with Crippen molar-refractivity contribution in [3.05, 3.63) is 34.7 Å². The Hall–Kier alpha value is -1.88. The summed E-state index contributed by atoms with van der Waals surface area (Å²) >= 11 is 1.60. The van der Waals surface area contributed by atoms with E-state index in [9.17, 15) is 9.59 Å². The Kier molecular flexibility index (Phi) is 5.74. The molecule has 0 radical (unpaired) electrons. The number of piperidine rings is 1. The van der Waals surface area contributed by atoms with Gasteiger partial charge in [0.1, 0.15) is 0 Å². The van der Waals surface area contributed by atoms with Crippen LogP contribution in [0.3, 0.4) is 0 Å². The first-order valence-corrected chi connectivity index (χ1v) is 9.93. The van der Waals surface area contributed by atoms with E-state index in [1.165, 1.54) is 15.6 Å². The molecule has 0 N–H and O–H groups in total. The molecule has 0 unspecified atom stereocenters. The summed E-state index contributed by atoms with van der Waals surface area (Å²) in [5, 5.41) is 1.21. The average molecular weight is 359 g/mol. The molecule has 1 aliphatic rings. The van der Waals surface area contributed by atoms with Gasteiger partial charge in [-0.25, -0.2) is 0 Å². The van der Waals surface area contributed by atoms with Crippen molar-refractivity contribution in [2.75, 3.05) is 19.7 Å². The Bertz CT molecular complexity index is 759. The van der Waals surface area contributed by atoms with Crippen LogP contribution in [0.4, 0.5) is 0 Å². The molecule has 1 saturated heterocycles. The van der Waals surface area contributed by atoms with E-state index in [1.54, 1.807) is 11.3 Å². The number of carbonyl (C=O) groups excluding carboxylic acids is 2. The van der Waals surface area contributed by atoms with E-state index in [4.69, 9.17) is 4.74 Å². The van der Waals surface area contributed by atoms with Gasteiger partial charge in [-0.15, -0.1) is 11.3 Å². The zero-order valence-electron chi connectivity index (χ0n) is 14.9. The molecule has 5 heteroatoms. The number of benzene rings is 1. The summed E-state index contributed by atoms with van der Waals surface area (Å²) in [6.07, 6.45) is 3.33. The first-order valence-electron chi connectivity index (χ1n) is 9.12. The number of ether oxygens (including phenoxy) is 1. The molecule has 0 aliphatic carbocycles. The largest absolute Gasteiger partial charge is 0.466 e. The Labute approximate surface area is 152 Å². The minimum absolute atomic E-state index is 0.0680. The molecule has 0 atom stereocenters. The quantitative estimate of drug-likeness (QED) is 0.749. The summed E-state index contributed by atoms with van der Waals surface area (Å²) in [7, 11) is 0. The fourth-order valence-corrected chi connectivity index (χ4v) is 4.71. The number of amides is 1. The van der Waals surface area contributed by atoms with Crippen molar-refractivity contribution in [3.8, 4) is 0 Å². The second kappa shape index (κ2) is 8.00. The highest BCUT2D eigenvalue weighted by Crippen LogP contribution is 2.34. The summed E-state index contributed by atoms with van der Waals surface area (Å²) in [5.74, 6) is -0.0726. The van der Waals surface area contributed by atoms with E-state index in [1.807, 2.05) is 24.0 Å². The molecule has 2 heterocycles. The molecule has 134 valence electrons. The van der Waals surface area contributed by atoms with Crippen LogP contribution in [0.5, 0.6) is 0 Å². The topological polar surface area (TPSA) is 46.6 Å². The van der Waals surface area contributed by atoms with Crippen molar-refractivity contribution in [2.24, 2.45) is 5.92 Å². The predicted octanol–water partition coefficient (Wildman–Crippen LogP) is 4.27. The van der Waals surface area contributed by atoms with E-state index in [-0.39, 0.29) is 17.8 Å². The third kappa shape index (κ3) is 3.71. The van der Waals surface area contributed by atoms with Gasteiger partial charge in [0.05, 0.1) is 17.4 Å². The molecule has 1 amide bonds. The van der Waals surface area contributed by atoms with Gasteiger partial charge in [0.15, 0.2) is 0 Å². The van der Waals surface area contributed by atoms with E-state index >= 15 is 0 Å². The molecule has 1 aromatic carbocycles. The third-order valence-corrected chi connectivity index (χ3v) is 6.00. The molecule has 0 spiro atoms. The molecule has 25 heavy (non-hydrogen) atoms. The van der Waals surface area contributed by atoms with Crippen LogP contribution in [0.15, 0.2) is 24.3 Å². The summed E-state index contributed by atoms with van der Waals surface area (Å²) in [5.41, 5.74) is 1.18. The lowest BCUT2D eigenvalue weighted by Crippen LogP contribution is -2.40. The lowest BCUT2D eigenvalue weighted by molar-refractivity contribution is -0.149. The van der Waals surface area contributed by atoms with Gasteiger partial charge < -0.3 is 9.64 Å².